The van der Waals surface area contributed by atoms with Gasteiger partial charge in [0, 0.05) is 6.07 Å². The Morgan fingerprint density at radius 2 is 1.82 bits per heavy atom. The highest BCUT2D eigenvalue weighted by Crippen LogP contribution is 2.58. The molecule has 2 aromatic rings. The van der Waals surface area contributed by atoms with Crippen molar-refractivity contribution in [2.75, 3.05) is 0 Å². The number of fused-ring (bicyclic) bond motifs is 5. The van der Waals surface area contributed by atoms with E-state index in [1.54, 1.807) is 0 Å². The number of ether oxygens (including phenoxy) is 1. The Labute approximate surface area is 129 Å². The molecule has 2 N–H and O–H groups in total. The van der Waals surface area contributed by atoms with Crippen LogP contribution >= 0.6 is 11.6 Å². The van der Waals surface area contributed by atoms with Crippen molar-refractivity contribution < 1.29 is 19.9 Å². The van der Waals surface area contributed by atoms with Crippen LogP contribution in [0.4, 0.5) is 5.69 Å². The van der Waals surface area contributed by atoms with Gasteiger partial charge in [-0.1, -0.05) is 11.6 Å². The van der Waals surface area contributed by atoms with Gasteiger partial charge in [-0.2, -0.15) is 0 Å². The summed E-state index contributed by atoms with van der Waals surface area (Å²) in [6.07, 6.45) is 1.12. The summed E-state index contributed by atoms with van der Waals surface area (Å²) in [7, 11) is 0. The molecule has 1 saturated heterocycles. The molecule has 1 aromatic heterocycles. The second-order valence-electron chi connectivity index (χ2n) is 5.39. The van der Waals surface area contributed by atoms with Crippen molar-refractivity contribution in [2.45, 2.75) is 25.0 Å². The number of aromatic nitrogens is 1. The Morgan fingerprint density at radius 3 is 2.36 bits per heavy atom. The van der Waals surface area contributed by atoms with Crippen LogP contribution in [0.5, 0.6) is 11.8 Å². The van der Waals surface area contributed by atoms with Crippen molar-refractivity contribution in [2.24, 2.45) is 0 Å². The molecule has 2 aliphatic rings. The minimum atomic E-state index is -0.607. The molecular weight excluding hydrogens is 312 g/mol. The van der Waals surface area contributed by atoms with Crippen LogP contribution in [0.2, 0.25) is 5.02 Å². The number of hydrogen-bond donors (Lipinski definition) is 2. The molecular formula is C14H11ClN2O5. The first kappa shape index (κ1) is 13.4. The molecule has 0 saturated carbocycles. The number of nitrogens with zero attached hydrogens (tertiary/aromatic N) is 2. The molecule has 8 heteroatoms. The zero-order chi connectivity index (χ0) is 15.6. The molecule has 2 bridgehead atoms. The second-order valence-corrected chi connectivity index (χ2v) is 5.80. The summed E-state index contributed by atoms with van der Waals surface area (Å²) in [4.78, 5) is 10.4. The standard InChI is InChI=1S/C14H11ClN2O5/c15-7-2-1-6(5-8(7)17(20)21)16-13(18)11-9-3-4-10(22-9)12(11)14(16)19/h1-2,5,9-10,18-19H,3-4H2. The van der Waals surface area contributed by atoms with Gasteiger partial charge in [0.2, 0.25) is 11.8 Å². The molecule has 2 aliphatic heterocycles. The molecule has 0 aliphatic carbocycles. The van der Waals surface area contributed by atoms with Crippen LogP contribution in [0.3, 0.4) is 0 Å². The van der Waals surface area contributed by atoms with Gasteiger partial charge in [0.05, 0.1) is 33.9 Å². The van der Waals surface area contributed by atoms with E-state index in [9.17, 15) is 20.3 Å². The lowest BCUT2D eigenvalue weighted by Gasteiger charge is -2.10. The zero-order valence-corrected chi connectivity index (χ0v) is 11.9. The summed E-state index contributed by atoms with van der Waals surface area (Å²) in [6.45, 7) is 0. The molecule has 3 heterocycles. The molecule has 4 rings (SSSR count). The smallest absolute Gasteiger partial charge is 0.289 e. The molecule has 0 radical (unpaired) electrons. The van der Waals surface area contributed by atoms with Crippen molar-refractivity contribution >= 4 is 17.3 Å². The van der Waals surface area contributed by atoms with E-state index in [0.29, 0.717) is 11.1 Å². The fourth-order valence-electron chi connectivity index (χ4n) is 3.30. The summed E-state index contributed by atoms with van der Waals surface area (Å²) < 4.78 is 6.85. The number of aromatic hydroxyl groups is 2. The minimum Gasteiger partial charge on any atom is -0.494 e. The third-order valence-corrected chi connectivity index (χ3v) is 4.56. The summed E-state index contributed by atoms with van der Waals surface area (Å²) >= 11 is 5.79. The predicted molar refractivity (Wildman–Crippen MR) is 76.6 cm³/mol. The van der Waals surface area contributed by atoms with Gasteiger partial charge >= 0.3 is 0 Å². The Kier molecular flexibility index (Phi) is 2.67. The topological polar surface area (TPSA) is 97.8 Å². The van der Waals surface area contributed by atoms with E-state index in [0.717, 1.165) is 12.8 Å². The summed E-state index contributed by atoms with van der Waals surface area (Å²) in [5.74, 6) is -0.285. The highest BCUT2D eigenvalue weighted by atomic mass is 35.5. The fourth-order valence-corrected chi connectivity index (χ4v) is 3.49. The summed E-state index contributed by atoms with van der Waals surface area (Å²) in [5.41, 5.74) is 1.14. The number of nitro groups is 1. The highest BCUT2D eigenvalue weighted by molar-refractivity contribution is 6.32. The zero-order valence-electron chi connectivity index (χ0n) is 11.2. The van der Waals surface area contributed by atoms with Crippen molar-refractivity contribution in [3.63, 3.8) is 0 Å². The van der Waals surface area contributed by atoms with Gasteiger partial charge in [-0.05, 0) is 25.0 Å². The molecule has 2 unspecified atom stereocenters. The van der Waals surface area contributed by atoms with Crippen molar-refractivity contribution in [3.05, 3.63) is 44.5 Å². The van der Waals surface area contributed by atoms with Crippen molar-refractivity contribution in [1.82, 2.24) is 4.57 Å². The average molecular weight is 323 g/mol. The molecule has 1 fully saturated rings. The first-order valence-corrected chi connectivity index (χ1v) is 7.13. The van der Waals surface area contributed by atoms with Crippen LogP contribution < -0.4 is 0 Å². The SMILES string of the molecule is O=[N+]([O-])c1cc(-n2c(O)c3c(c2O)C2CCC3O2)ccc1Cl. The number of benzene rings is 1. The largest absolute Gasteiger partial charge is 0.494 e. The lowest BCUT2D eigenvalue weighted by atomic mass is 9.95. The second kappa shape index (κ2) is 4.37. The first-order valence-electron chi connectivity index (χ1n) is 6.75. The molecule has 22 heavy (non-hydrogen) atoms. The summed E-state index contributed by atoms with van der Waals surface area (Å²) in [6, 6.07) is 4.09. The van der Waals surface area contributed by atoms with Gasteiger partial charge in [0.25, 0.3) is 5.69 Å². The third-order valence-electron chi connectivity index (χ3n) is 4.24. The van der Waals surface area contributed by atoms with E-state index >= 15 is 0 Å². The monoisotopic (exact) mass is 322 g/mol. The van der Waals surface area contributed by atoms with Gasteiger partial charge in [-0.15, -0.1) is 0 Å². The van der Waals surface area contributed by atoms with Crippen LogP contribution in [0, 0.1) is 10.1 Å². The van der Waals surface area contributed by atoms with Crippen LogP contribution in [0.1, 0.15) is 36.2 Å². The highest BCUT2D eigenvalue weighted by Gasteiger charge is 2.45. The molecule has 2 atom stereocenters. The molecule has 114 valence electrons. The predicted octanol–water partition coefficient (Wildman–Crippen LogP) is 3.36. The van der Waals surface area contributed by atoms with Crippen LogP contribution in [-0.2, 0) is 4.74 Å². The maximum absolute atomic E-state index is 11.0. The number of nitro benzene ring substituents is 1. The van der Waals surface area contributed by atoms with Crippen LogP contribution in [-0.4, -0.2) is 19.7 Å². The van der Waals surface area contributed by atoms with E-state index in [1.165, 1.54) is 22.8 Å². The Morgan fingerprint density at radius 1 is 1.23 bits per heavy atom. The van der Waals surface area contributed by atoms with E-state index in [1.807, 2.05) is 0 Å². The molecule has 1 aromatic carbocycles. The minimum absolute atomic E-state index is 0.00386. The van der Waals surface area contributed by atoms with Crippen LogP contribution in [0.15, 0.2) is 18.2 Å². The molecule has 0 spiro atoms. The number of hydrogen-bond acceptors (Lipinski definition) is 5. The van der Waals surface area contributed by atoms with E-state index in [-0.39, 0.29) is 40.4 Å². The third kappa shape index (κ3) is 1.60. The fraction of sp³-hybridized carbons (Fsp3) is 0.286. The lowest BCUT2D eigenvalue weighted by Crippen LogP contribution is -1.98. The van der Waals surface area contributed by atoms with Gasteiger partial charge in [0.15, 0.2) is 0 Å². The summed E-state index contributed by atoms with van der Waals surface area (Å²) in [5, 5.41) is 31.8. The van der Waals surface area contributed by atoms with Gasteiger partial charge < -0.3 is 14.9 Å². The Bertz CT molecular complexity index is 783. The van der Waals surface area contributed by atoms with Gasteiger partial charge in [-0.3, -0.25) is 14.7 Å². The maximum Gasteiger partial charge on any atom is 0.289 e. The number of halogens is 1. The number of rotatable bonds is 2. The van der Waals surface area contributed by atoms with Gasteiger partial charge in [0.1, 0.15) is 5.02 Å². The lowest BCUT2D eigenvalue weighted by molar-refractivity contribution is -0.384. The first-order chi connectivity index (χ1) is 10.5. The van der Waals surface area contributed by atoms with Crippen molar-refractivity contribution in [1.29, 1.82) is 0 Å². The van der Waals surface area contributed by atoms with Crippen LogP contribution in [0.25, 0.3) is 5.69 Å². The maximum atomic E-state index is 11.0. The van der Waals surface area contributed by atoms with Crippen molar-refractivity contribution in [3.8, 4) is 17.4 Å². The Balaban J connectivity index is 1.92. The van der Waals surface area contributed by atoms with Gasteiger partial charge in [-0.25, -0.2) is 0 Å². The quantitative estimate of drug-likeness (QED) is 0.652. The Hall–Kier alpha value is -2.25. The van der Waals surface area contributed by atoms with E-state index in [4.69, 9.17) is 16.3 Å². The normalized spacial score (nSPS) is 22.0. The van der Waals surface area contributed by atoms with E-state index < -0.39 is 4.92 Å². The molecule has 0 amide bonds. The average Bonchev–Trinajstić information content (AvgIpc) is 3.14. The molecule has 7 nitrogen and oxygen atoms in total. The van der Waals surface area contributed by atoms with E-state index in [2.05, 4.69) is 0 Å².